The van der Waals surface area contributed by atoms with Gasteiger partial charge in [0.25, 0.3) is 0 Å². The average Bonchev–Trinajstić information content (AvgIpc) is 2.34. The fourth-order valence-corrected chi connectivity index (χ4v) is 2.23. The molecule has 0 heterocycles. The van der Waals surface area contributed by atoms with Crippen LogP contribution in [0.25, 0.3) is 6.08 Å². The minimum atomic E-state index is -1.06. The summed E-state index contributed by atoms with van der Waals surface area (Å²) in [6, 6.07) is 4.66. The van der Waals surface area contributed by atoms with Crippen molar-refractivity contribution >= 4 is 23.8 Å². The van der Waals surface area contributed by atoms with E-state index in [0.717, 1.165) is 11.8 Å². The Morgan fingerprint density at radius 2 is 2.22 bits per heavy atom. The highest BCUT2D eigenvalue weighted by atomic mass is 32.2. The van der Waals surface area contributed by atoms with Gasteiger partial charge in [-0.15, -0.1) is 0 Å². The van der Waals surface area contributed by atoms with Crippen molar-refractivity contribution in [1.82, 2.24) is 0 Å². The molecule has 2 N–H and O–H groups in total. The summed E-state index contributed by atoms with van der Waals surface area (Å²) in [6.07, 6.45) is 3.03. The molecule has 0 aliphatic carbocycles. The largest absolute Gasteiger partial charge is 0.478 e. The van der Waals surface area contributed by atoms with Crippen molar-refractivity contribution in [1.29, 1.82) is 0 Å². The number of carboxylic acids is 1. The van der Waals surface area contributed by atoms with Gasteiger partial charge < -0.3 is 10.2 Å². The molecule has 0 saturated carbocycles. The van der Waals surface area contributed by atoms with Crippen LogP contribution in [0.4, 0.5) is 4.39 Å². The summed E-state index contributed by atoms with van der Waals surface area (Å²) in [5, 5.41) is 17.1. The number of aliphatic hydroxyl groups is 1. The summed E-state index contributed by atoms with van der Waals surface area (Å²) in [5.41, 5.74) is 1.12. The van der Waals surface area contributed by atoms with E-state index in [9.17, 15) is 9.18 Å². The van der Waals surface area contributed by atoms with Crippen LogP contribution in [0.3, 0.4) is 0 Å². The van der Waals surface area contributed by atoms with Crippen molar-refractivity contribution < 1.29 is 19.4 Å². The maximum Gasteiger partial charge on any atom is 0.328 e. The monoisotopic (exact) mass is 270 g/mol. The Kier molecular flexibility index (Phi) is 6.46. The minimum absolute atomic E-state index is 0.147. The lowest BCUT2D eigenvalue weighted by molar-refractivity contribution is -0.131. The summed E-state index contributed by atoms with van der Waals surface area (Å²) in [4.78, 5) is 10.3. The van der Waals surface area contributed by atoms with Gasteiger partial charge in [0.05, 0.1) is 0 Å². The van der Waals surface area contributed by atoms with Gasteiger partial charge in [-0.1, -0.05) is 12.1 Å². The summed E-state index contributed by atoms with van der Waals surface area (Å²) >= 11 is 1.56. The minimum Gasteiger partial charge on any atom is -0.478 e. The van der Waals surface area contributed by atoms with Gasteiger partial charge in [-0.3, -0.25) is 0 Å². The Hall–Kier alpha value is -1.33. The van der Waals surface area contributed by atoms with E-state index in [2.05, 4.69) is 0 Å². The molecule has 5 heteroatoms. The first kappa shape index (κ1) is 14.7. The van der Waals surface area contributed by atoms with Gasteiger partial charge in [-0.25, -0.2) is 9.18 Å². The Labute approximate surface area is 109 Å². The second kappa shape index (κ2) is 7.89. The van der Waals surface area contributed by atoms with E-state index in [1.165, 1.54) is 12.1 Å². The molecular weight excluding hydrogens is 255 g/mol. The van der Waals surface area contributed by atoms with E-state index in [0.29, 0.717) is 23.3 Å². The number of rotatable bonds is 7. The number of benzene rings is 1. The van der Waals surface area contributed by atoms with Crippen LogP contribution >= 0.6 is 11.8 Å². The predicted molar refractivity (Wildman–Crippen MR) is 70.9 cm³/mol. The van der Waals surface area contributed by atoms with Gasteiger partial charge in [0.2, 0.25) is 0 Å². The first-order valence-corrected chi connectivity index (χ1v) is 6.67. The fourth-order valence-electron chi connectivity index (χ4n) is 1.30. The van der Waals surface area contributed by atoms with Crippen LogP contribution in [0.2, 0.25) is 0 Å². The quantitative estimate of drug-likeness (QED) is 0.590. The van der Waals surface area contributed by atoms with Crippen LogP contribution in [0.1, 0.15) is 17.5 Å². The van der Waals surface area contributed by atoms with Gasteiger partial charge >= 0.3 is 5.97 Å². The first-order chi connectivity index (χ1) is 8.63. The Bertz CT molecular complexity index is 432. The number of hydrogen-bond acceptors (Lipinski definition) is 3. The second-order valence-electron chi connectivity index (χ2n) is 3.65. The molecule has 0 amide bonds. The molecular formula is C13H15FO3S. The second-order valence-corrected chi connectivity index (χ2v) is 4.76. The third kappa shape index (κ3) is 5.33. The lowest BCUT2D eigenvalue weighted by Gasteiger charge is -2.04. The lowest BCUT2D eigenvalue weighted by atomic mass is 10.1. The maximum absolute atomic E-state index is 13.6. The number of thioether (sulfide) groups is 1. The first-order valence-electron chi connectivity index (χ1n) is 5.51. The number of aliphatic hydroxyl groups excluding tert-OH is 1. The highest BCUT2D eigenvalue weighted by Crippen LogP contribution is 2.18. The summed E-state index contributed by atoms with van der Waals surface area (Å²) in [5.74, 6) is -0.0520. The summed E-state index contributed by atoms with van der Waals surface area (Å²) in [7, 11) is 0. The number of carboxylic acid groups (broad SMARTS) is 1. The Morgan fingerprint density at radius 1 is 1.44 bits per heavy atom. The van der Waals surface area contributed by atoms with Crippen LogP contribution in [-0.4, -0.2) is 28.5 Å². The van der Waals surface area contributed by atoms with Crippen molar-refractivity contribution in [3.05, 3.63) is 41.2 Å². The molecule has 18 heavy (non-hydrogen) atoms. The highest BCUT2D eigenvalue weighted by Gasteiger charge is 2.03. The molecule has 98 valence electrons. The van der Waals surface area contributed by atoms with Crippen LogP contribution in [0, 0.1) is 5.82 Å². The number of halogens is 1. The smallest absolute Gasteiger partial charge is 0.328 e. The average molecular weight is 270 g/mol. The molecule has 0 fully saturated rings. The molecule has 1 aromatic rings. The molecule has 0 aliphatic rings. The third-order valence-electron chi connectivity index (χ3n) is 2.20. The normalized spacial score (nSPS) is 11.0. The molecule has 0 atom stereocenters. The number of hydrogen-bond donors (Lipinski definition) is 2. The SMILES string of the molecule is O=C(O)C=Cc1ccc(CSCCCO)c(F)c1. The zero-order chi connectivity index (χ0) is 13.4. The van der Waals surface area contributed by atoms with Crippen molar-refractivity contribution in [3.8, 4) is 0 Å². The van der Waals surface area contributed by atoms with Gasteiger partial charge in [-0.05, 0) is 35.4 Å². The van der Waals surface area contributed by atoms with Crippen LogP contribution < -0.4 is 0 Å². The Balaban J connectivity index is 2.59. The van der Waals surface area contributed by atoms with E-state index in [-0.39, 0.29) is 12.4 Å². The highest BCUT2D eigenvalue weighted by molar-refractivity contribution is 7.98. The predicted octanol–water partition coefficient (Wildman–Crippen LogP) is 2.54. The van der Waals surface area contributed by atoms with E-state index in [1.807, 2.05) is 0 Å². The molecule has 0 saturated heterocycles. The van der Waals surface area contributed by atoms with E-state index in [4.69, 9.17) is 10.2 Å². The zero-order valence-corrected chi connectivity index (χ0v) is 10.6. The van der Waals surface area contributed by atoms with Gasteiger partial charge in [-0.2, -0.15) is 11.8 Å². The number of aliphatic carboxylic acids is 1. The topological polar surface area (TPSA) is 57.5 Å². The maximum atomic E-state index is 13.6. The fraction of sp³-hybridized carbons (Fsp3) is 0.308. The molecule has 0 unspecified atom stereocenters. The van der Waals surface area contributed by atoms with E-state index < -0.39 is 5.97 Å². The zero-order valence-electron chi connectivity index (χ0n) is 9.80. The standard InChI is InChI=1S/C13H15FO3S/c14-12-8-10(3-5-13(16)17)2-4-11(12)9-18-7-1-6-15/h2-5,8,15H,1,6-7,9H2,(H,16,17). The van der Waals surface area contributed by atoms with Gasteiger partial charge in [0.15, 0.2) is 0 Å². The number of carbonyl (C=O) groups is 1. The van der Waals surface area contributed by atoms with E-state index >= 15 is 0 Å². The summed E-state index contributed by atoms with van der Waals surface area (Å²) < 4.78 is 13.6. The summed E-state index contributed by atoms with van der Waals surface area (Å²) in [6.45, 7) is 0.147. The lowest BCUT2D eigenvalue weighted by Crippen LogP contribution is -1.92. The van der Waals surface area contributed by atoms with Crippen molar-refractivity contribution in [3.63, 3.8) is 0 Å². The van der Waals surface area contributed by atoms with Crippen molar-refractivity contribution in [2.45, 2.75) is 12.2 Å². The molecule has 0 aliphatic heterocycles. The van der Waals surface area contributed by atoms with Crippen molar-refractivity contribution in [2.75, 3.05) is 12.4 Å². The molecule has 0 aromatic heterocycles. The van der Waals surface area contributed by atoms with Gasteiger partial charge in [0, 0.05) is 18.4 Å². The van der Waals surface area contributed by atoms with Crippen LogP contribution in [0.5, 0.6) is 0 Å². The molecule has 1 aromatic carbocycles. The third-order valence-corrected chi connectivity index (χ3v) is 3.29. The Morgan fingerprint density at radius 3 is 2.83 bits per heavy atom. The molecule has 1 rings (SSSR count). The van der Waals surface area contributed by atoms with Crippen LogP contribution in [-0.2, 0) is 10.5 Å². The van der Waals surface area contributed by atoms with Crippen LogP contribution in [0.15, 0.2) is 24.3 Å². The van der Waals surface area contributed by atoms with E-state index in [1.54, 1.807) is 23.9 Å². The van der Waals surface area contributed by atoms with Gasteiger partial charge in [0.1, 0.15) is 5.82 Å². The molecule has 0 radical (unpaired) electrons. The van der Waals surface area contributed by atoms with Crippen molar-refractivity contribution in [2.24, 2.45) is 0 Å². The molecule has 0 bridgehead atoms. The molecule has 0 spiro atoms. The molecule has 3 nitrogen and oxygen atoms in total.